The highest BCUT2D eigenvalue weighted by Gasteiger charge is 2.14. The monoisotopic (exact) mass is 362 g/mol. The fourth-order valence-electron chi connectivity index (χ4n) is 0.631. The quantitative estimate of drug-likeness (QED) is 0.460. The van der Waals surface area contributed by atoms with Gasteiger partial charge in [-0.3, -0.25) is 0 Å². The Kier molecular flexibility index (Phi) is 3.92. The number of ether oxygens (including phenoxy) is 1. The molecule has 0 aliphatic heterocycles. The van der Waals surface area contributed by atoms with E-state index in [-0.39, 0.29) is 0 Å². The molecular weight excluding hydrogens is 358 g/mol. The molecule has 1 aromatic rings. The Morgan fingerprint density at radius 1 is 1.92 bits per heavy atom. The molecule has 0 aliphatic rings. The van der Waals surface area contributed by atoms with Crippen molar-refractivity contribution >= 4 is 50.3 Å². The summed E-state index contributed by atoms with van der Waals surface area (Å²) in [5.41, 5.74) is 0.321. The lowest BCUT2D eigenvalue weighted by Crippen LogP contribution is -2.02. The summed E-state index contributed by atoms with van der Waals surface area (Å²) in [6.07, 6.45) is 2.23. The highest BCUT2D eigenvalue weighted by Crippen LogP contribution is 2.26. The second-order valence-corrected chi connectivity index (χ2v) is 4.78. The predicted octanol–water partition coefficient (Wildman–Crippen LogP) is 2.22. The number of methoxy groups -OCH3 is 1. The van der Waals surface area contributed by atoms with Crippen molar-refractivity contribution in [1.29, 1.82) is 0 Å². The van der Waals surface area contributed by atoms with Crippen LogP contribution in [0.25, 0.3) is 0 Å². The first kappa shape index (κ1) is 10.4. The molecule has 1 rings (SSSR count). The van der Waals surface area contributed by atoms with Crippen molar-refractivity contribution in [2.75, 3.05) is 7.11 Å². The predicted molar refractivity (Wildman–Crippen MR) is 59.0 cm³/mol. The number of esters is 1. The molecule has 12 heavy (non-hydrogen) atoms. The minimum Gasteiger partial charge on any atom is -0.464 e. The molecule has 0 bridgehead atoms. The van der Waals surface area contributed by atoms with Crippen molar-refractivity contribution in [2.24, 2.45) is 0 Å². The van der Waals surface area contributed by atoms with Crippen LogP contribution >= 0.6 is 44.3 Å². The third-order valence-corrected chi connectivity index (χ3v) is 3.60. The Morgan fingerprint density at radius 3 is 3.00 bits per heavy atom. The van der Waals surface area contributed by atoms with E-state index in [0.29, 0.717) is 16.5 Å². The molecule has 1 aromatic heterocycles. The molecule has 66 valence electrons. The Morgan fingerprint density at radius 2 is 2.58 bits per heavy atom. The summed E-state index contributed by atoms with van der Waals surface area (Å²) in [6, 6.07) is 0. The van der Waals surface area contributed by atoms with E-state index in [2.05, 4.69) is 47.8 Å². The van der Waals surface area contributed by atoms with Crippen LogP contribution in [-0.2, 0) is 4.74 Å². The number of carbonyl (C=O) groups excluding carboxylic acids is 1. The first-order valence-electron chi connectivity index (χ1n) is 2.89. The van der Waals surface area contributed by atoms with Gasteiger partial charge in [0.05, 0.1) is 18.0 Å². The smallest absolute Gasteiger partial charge is 0.359 e. The van der Waals surface area contributed by atoms with Gasteiger partial charge in [-0.05, 0) is 38.0 Å². The first-order valence-corrected chi connectivity index (χ1v) is 7.74. The number of carbonyl (C=O) groups is 1. The zero-order valence-corrected chi connectivity index (χ0v) is 10.8. The van der Waals surface area contributed by atoms with Crippen LogP contribution in [0.15, 0.2) is 10.7 Å². The zero-order chi connectivity index (χ0) is 9.14. The number of hydrogen-bond donors (Lipinski definition) is 0. The molecule has 0 fully saturated rings. The summed E-state index contributed by atoms with van der Waals surface area (Å²) in [4.78, 5) is 11.0. The molecular formula is C5H5BrIN2O2P. The summed E-state index contributed by atoms with van der Waals surface area (Å²) < 4.78 is 6.87. The number of aromatic nitrogens is 2. The number of nitrogens with zero attached hydrogens (tertiary/aromatic N) is 2. The lowest BCUT2D eigenvalue weighted by molar-refractivity contribution is 0.0592. The topological polar surface area (TPSA) is 44.1 Å². The lowest BCUT2D eigenvalue weighted by atomic mass is 10.4. The van der Waals surface area contributed by atoms with Gasteiger partial charge in [-0.25, -0.2) is 9.25 Å². The molecule has 4 nitrogen and oxygen atoms in total. The summed E-state index contributed by atoms with van der Waals surface area (Å²) in [5, 5.41) is 4.00. The maximum Gasteiger partial charge on any atom is 0.359 e. The van der Waals surface area contributed by atoms with Gasteiger partial charge < -0.3 is 4.74 Å². The Balaban J connectivity index is 2.99. The molecule has 0 saturated heterocycles. The molecule has 0 radical (unpaired) electrons. The van der Waals surface area contributed by atoms with E-state index in [9.17, 15) is 4.79 Å². The van der Waals surface area contributed by atoms with Crippen molar-refractivity contribution in [2.45, 2.75) is 0 Å². The van der Waals surface area contributed by atoms with Gasteiger partial charge in [-0.1, -0.05) is 0 Å². The molecule has 0 aromatic carbocycles. The van der Waals surface area contributed by atoms with Crippen LogP contribution in [0.5, 0.6) is 0 Å². The van der Waals surface area contributed by atoms with E-state index in [4.69, 9.17) is 0 Å². The average molecular weight is 363 g/mol. The molecule has 0 aliphatic carbocycles. The lowest BCUT2D eigenvalue weighted by Gasteiger charge is -1.93. The van der Waals surface area contributed by atoms with E-state index in [1.165, 1.54) is 7.11 Å². The maximum absolute atomic E-state index is 11.0. The van der Waals surface area contributed by atoms with Crippen LogP contribution in [-0.4, -0.2) is 22.6 Å². The minimum atomic E-state index is -0.421. The van der Waals surface area contributed by atoms with Gasteiger partial charge in [0.15, 0.2) is 5.69 Å². The molecule has 7 heteroatoms. The van der Waals surface area contributed by atoms with Crippen LogP contribution in [0.4, 0.5) is 0 Å². The van der Waals surface area contributed by atoms with E-state index in [1.54, 1.807) is 10.6 Å². The maximum atomic E-state index is 11.0. The Hall–Kier alpha value is 0.320. The molecule has 0 saturated carbocycles. The van der Waals surface area contributed by atoms with Crippen LogP contribution in [0, 0.1) is 0 Å². The van der Waals surface area contributed by atoms with Gasteiger partial charge in [0.25, 0.3) is 0 Å². The van der Waals surface area contributed by atoms with Gasteiger partial charge in [-0.2, -0.15) is 5.10 Å². The molecule has 1 atom stereocenters. The van der Waals surface area contributed by atoms with E-state index < -0.39 is 5.97 Å². The average Bonchev–Trinajstić information content (AvgIpc) is 2.45. The van der Waals surface area contributed by atoms with Crippen molar-refractivity contribution in [3.8, 4) is 0 Å². The standard InChI is InChI=1S/C5H5BrIN2O2P/c1-11-5(10)4-3(6)2-9(8-4)12-7/h2,12H,1H3. The zero-order valence-electron chi connectivity index (χ0n) is 6.04. The largest absolute Gasteiger partial charge is 0.464 e. The van der Waals surface area contributed by atoms with E-state index in [1.807, 2.05) is 0 Å². The highest BCUT2D eigenvalue weighted by atomic mass is 127. The highest BCUT2D eigenvalue weighted by molar-refractivity contribution is 14.2. The summed E-state index contributed by atoms with van der Waals surface area (Å²) in [5.74, 6) is -0.421. The van der Waals surface area contributed by atoms with Gasteiger partial charge in [0.2, 0.25) is 0 Å². The third-order valence-electron chi connectivity index (χ3n) is 1.13. The fraction of sp³-hybridized carbons (Fsp3) is 0.200. The molecule has 0 N–H and O–H groups in total. The molecule has 1 heterocycles. The minimum absolute atomic E-state index is 0.321. The van der Waals surface area contributed by atoms with Crippen molar-refractivity contribution in [3.05, 3.63) is 16.4 Å². The number of hydrogen-bond acceptors (Lipinski definition) is 3. The summed E-state index contributed by atoms with van der Waals surface area (Å²) >= 11 is 5.39. The van der Waals surface area contributed by atoms with E-state index >= 15 is 0 Å². The van der Waals surface area contributed by atoms with E-state index in [0.717, 1.165) is 0 Å². The fourth-order valence-corrected chi connectivity index (χ4v) is 2.31. The SMILES string of the molecule is COC(=O)c1nn(PI)cc1Br. The molecule has 0 amide bonds. The number of halogens is 2. The van der Waals surface area contributed by atoms with Gasteiger partial charge in [-0.15, -0.1) is 0 Å². The Labute approximate surface area is 92.5 Å². The Bertz CT molecular complexity index is 304. The van der Waals surface area contributed by atoms with Crippen LogP contribution in [0.2, 0.25) is 0 Å². The second kappa shape index (κ2) is 4.53. The van der Waals surface area contributed by atoms with Gasteiger partial charge in [0, 0.05) is 6.20 Å². The van der Waals surface area contributed by atoms with Crippen LogP contribution in [0.3, 0.4) is 0 Å². The number of rotatable bonds is 2. The molecule has 0 spiro atoms. The van der Waals surface area contributed by atoms with Crippen molar-refractivity contribution < 1.29 is 9.53 Å². The van der Waals surface area contributed by atoms with Gasteiger partial charge in [0.1, 0.15) is 0 Å². The summed E-state index contributed by atoms with van der Waals surface area (Å²) in [7, 11) is 1.33. The molecule has 1 unspecified atom stereocenters. The third kappa shape index (κ3) is 2.17. The van der Waals surface area contributed by atoms with Gasteiger partial charge >= 0.3 is 5.97 Å². The normalized spacial score (nSPS) is 10.9. The summed E-state index contributed by atoms with van der Waals surface area (Å²) in [6.45, 7) is 0. The second-order valence-electron chi connectivity index (χ2n) is 1.85. The van der Waals surface area contributed by atoms with Crippen LogP contribution in [0.1, 0.15) is 10.5 Å². The van der Waals surface area contributed by atoms with Crippen molar-refractivity contribution in [3.63, 3.8) is 0 Å². The van der Waals surface area contributed by atoms with Crippen molar-refractivity contribution in [1.82, 2.24) is 9.55 Å². The first-order chi connectivity index (χ1) is 5.69. The van der Waals surface area contributed by atoms with Crippen LogP contribution < -0.4 is 0 Å².